The number of piperazine rings is 1. The summed E-state index contributed by atoms with van der Waals surface area (Å²) in [4.78, 5) is 29.6. The summed E-state index contributed by atoms with van der Waals surface area (Å²) in [6.45, 7) is 3.52. The van der Waals surface area contributed by atoms with Crippen LogP contribution in [0.5, 0.6) is 5.75 Å². The maximum absolute atomic E-state index is 13.4. The van der Waals surface area contributed by atoms with E-state index in [0.717, 1.165) is 18.4 Å². The van der Waals surface area contributed by atoms with Gasteiger partial charge in [0.2, 0.25) is 5.91 Å². The Hall–Kier alpha value is -3.14. The first-order chi connectivity index (χ1) is 18.4. The maximum atomic E-state index is 13.4. The van der Waals surface area contributed by atoms with E-state index in [-0.39, 0.29) is 23.8 Å². The first kappa shape index (κ1) is 26.5. The smallest absolute Gasteiger partial charge is 0.318 e. The molecule has 2 aliphatic heterocycles. The third-order valence-corrected chi connectivity index (χ3v) is 7.37. The van der Waals surface area contributed by atoms with Crippen molar-refractivity contribution in [3.8, 4) is 5.75 Å². The molecule has 2 unspecified atom stereocenters. The van der Waals surface area contributed by atoms with Crippen LogP contribution in [0, 0.1) is 11.7 Å². The van der Waals surface area contributed by atoms with Gasteiger partial charge >= 0.3 is 6.03 Å². The van der Waals surface area contributed by atoms with Gasteiger partial charge in [-0.3, -0.25) is 9.69 Å². The number of rotatable bonds is 8. The highest BCUT2D eigenvalue weighted by molar-refractivity contribution is 6.32. The number of amides is 3. The highest BCUT2D eigenvalue weighted by Crippen LogP contribution is 2.35. The van der Waals surface area contributed by atoms with Gasteiger partial charge in [0.15, 0.2) is 0 Å². The van der Waals surface area contributed by atoms with Crippen LogP contribution in [0.4, 0.5) is 14.9 Å². The normalized spacial score (nSPS) is 21.4. The van der Waals surface area contributed by atoms with E-state index >= 15 is 0 Å². The lowest BCUT2D eigenvalue weighted by atomic mass is 10.0. The summed E-state index contributed by atoms with van der Waals surface area (Å²) >= 11 is 6.43. The third-order valence-electron chi connectivity index (χ3n) is 7.08. The van der Waals surface area contributed by atoms with Gasteiger partial charge in [0, 0.05) is 38.3 Å². The van der Waals surface area contributed by atoms with Gasteiger partial charge in [-0.05, 0) is 54.7 Å². The second-order valence-corrected chi connectivity index (χ2v) is 10.5. The molecule has 2 aromatic rings. The minimum atomic E-state index is -0.391. The van der Waals surface area contributed by atoms with E-state index in [1.54, 1.807) is 30.3 Å². The molecule has 8 nitrogen and oxygen atoms in total. The van der Waals surface area contributed by atoms with Gasteiger partial charge < -0.3 is 25.0 Å². The molecular formula is C28H32ClFN4O4. The molecule has 5 rings (SSSR count). The molecule has 2 bridgehead atoms. The van der Waals surface area contributed by atoms with Crippen molar-refractivity contribution in [3.63, 3.8) is 0 Å². The Morgan fingerprint density at radius 3 is 2.53 bits per heavy atom. The highest BCUT2D eigenvalue weighted by atomic mass is 35.5. The van der Waals surface area contributed by atoms with E-state index < -0.39 is 6.03 Å². The topological polar surface area (TPSA) is 83.1 Å². The molecule has 0 spiro atoms. The summed E-state index contributed by atoms with van der Waals surface area (Å²) in [5.41, 5.74) is 2.13. The molecule has 2 heterocycles. The molecule has 38 heavy (non-hydrogen) atoms. The van der Waals surface area contributed by atoms with Gasteiger partial charge in [0.05, 0.1) is 42.6 Å². The van der Waals surface area contributed by atoms with Crippen LogP contribution in [0.3, 0.4) is 0 Å². The van der Waals surface area contributed by atoms with E-state index in [1.165, 1.54) is 25.3 Å². The largest absolute Gasteiger partial charge is 0.492 e. The lowest BCUT2D eigenvalue weighted by Crippen LogP contribution is -2.65. The van der Waals surface area contributed by atoms with Crippen LogP contribution in [-0.2, 0) is 16.1 Å². The predicted molar refractivity (Wildman–Crippen MR) is 144 cm³/mol. The van der Waals surface area contributed by atoms with Crippen molar-refractivity contribution in [1.82, 2.24) is 15.1 Å². The fraction of sp³-hybridized carbons (Fsp3) is 0.429. The molecular weight excluding hydrogens is 511 g/mol. The minimum Gasteiger partial charge on any atom is -0.492 e. The molecule has 2 aromatic carbocycles. The van der Waals surface area contributed by atoms with Gasteiger partial charge in [-0.15, -0.1) is 0 Å². The van der Waals surface area contributed by atoms with E-state index in [2.05, 4.69) is 15.5 Å². The van der Waals surface area contributed by atoms with Gasteiger partial charge in [0.25, 0.3) is 0 Å². The molecule has 1 saturated carbocycles. The predicted octanol–water partition coefficient (Wildman–Crippen LogP) is 4.14. The van der Waals surface area contributed by atoms with Gasteiger partial charge in [0.1, 0.15) is 11.6 Å². The zero-order valence-corrected chi connectivity index (χ0v) is 22.0. The van der Waals surface area contributed by atoms with Crippen LogP contribution in [0.15, 0.2) is 42.5 Å². The second-order valence-electron chi connectivity index (χ2n) is 10.1. The number of hydrogen-bond donors (Lipinski definition) is 2. The van der Waals surface area contributed by atoms with Crippen LogP contribution in [-0.4, -0.2) is 73.8 Å². The quantitative estimate of drug-likeness (QED) is 0.490. The molecule has 0 aromatic heterocycles. The Balaban J connectivity index is 1.30. The number of hydrogen-bond acceptors (Lipinski definition) is 5. The van der Waals surface area contributed by atoms with E-state index in [1.807, 2.05) is 4.90 Å². The molecule has 202 valence electrons. The Morgan fingerprint density at radius 1 is 1.16 bits per heavy atom. The van der Waals surface area contributed by atoms with Crippen LogP contribution in [0.2, 0.25) is 5.02 Å². The highest BCUT2D eigenvalue weighted by Gasteiger charge is 2.40. The number of urea groups is 1. The average Bonchev–Trinajstić information content (AvgIpc) is 3.73. The van der Waals surface area contributed by atoms with Crippen molar-refractivity contribution in [3.05, 3.63) is 64.4 Å². The lowest BCUT2D eigenvalue weighted by Gasteiger charge is -2.49. The summed E-state index contributed by atoms with van der Waals surface area (Å²) in [5, 5.41) is 5.69. The standard InChI is InChI=1S/C28H32ClFN4O4/c1-31-28(36)32-25-11-24(29)26(38-15-19-2-3-19)10-20(25)6-9-27(35)34-22-13-33(14-23(34)17-37-16-22)12-18-4-7-21(30)8-5-18/h4-11,19,22-23H,2-3,12-17H2,1H3,(H2,31,32,36)/b9-6+. The van der Waals surface area contributed by atoms with Crippen molar-refractivity contribution >= 4 is 35.3 Å². The minimum absolute atomic E-state index is 0.0915. The zero-order valence-electron chi connectivity index (χ0n) is 21.3. The number of halogens is 2. The number of anilines is 1. The molecule has 2 saturated heterocycles. The van der Waals surface area contributed by atoms with Crippen molar-refractivity contribution in [1.29, 1.82) is 0 Å². The number of ether oxygens (including phenoxy) is 2. The summed E-state index contributed by atoms with van der Waals surface area (Å²) in [6.07, 6.45) is 5.52. The lowest BCUT2D eigenvalue weighted by molar-refractivity contribution is -0.150. The number of nitrogens with one attached hydrogen (secondary N) is 2. The SMILES string of the molecule is CNC(=O)Nc1cc(Cl)c(OCC2CC2)cc1/C=C/C(=O)N1C2COCC1CN(Cc1ccc(F)cc1)C2. The maximum Gasteiger partial charge on any atom is 0.318 e. The molecule has 2 N–H and O–H groups in total. The second kappa shape index (κ2) is 11.7. The number of carbonyl (C=O) groups is 2. The van der Waals surface area contributed by atoms with Gasteiger partial charge in [-0.1, -0.05) is 23.7 Å². The molecule has 3 fully saturated rings. The molecule has 1 aliphatic carbocycles. The van der Waals surface area contributed by atoms with Crippen LogP contribution in [0.25, 0.3) is 6.08 Å². The third kappa shape index (κ3) is 6.46. The van der Waals surface area contributed by atoms with E-state index in [4.69, 9.17) is 21.1 Å². The molecule has 3 aliphatic rings. The van der Waals surface area contributed by atoms with Crippen LogP contribution >= 0.6 is 11.6 Å². The number of carbonyl (C=O) groups excluding carboxylic acids is 2. The summed E-state index contributed by atoms with van der Waals surface area (Å²) in [7, 11) is 1.53. The Bertz CT molecular complexity index is 1190. The Labute approximate surface area is 226 Å². The zero-order chi connectivity index (χ0) is 26.6. The first-order valence-corrected chi connectivity index (χ1v) is 13.3. The number of fused-ring (bicyclic) bond motifs is 2. The number of morpholine rings is 1. The first-order valence-electron chi connectivity index (χ1n) is 12.9. The van der Waals surface area contributed by atoms with Gasteiger partial charge in [-0.25, -0.2) is 9.18 Å². The monoisotopic (exact) mass is 542 g/mol. The number of benzene rings is 2. The molecule has 10 heteroatoms. The summed E-state index contributed by atoms with van der Waals surface area (Å²) in [6, 6.07) is 9.34. The molecule has 3 amide bonds. The van der Waals surface area contributed by atoms with Crippen LogP contribution < -0.4 is 15.4 Å². The summed E-state index contributed by atoms with van der Waals surface area (Å²) in [5.74, 6) is 0.703. The van der Waals surface area contributed by atoms with E-state index in [9.17, 15) is 14.0 Å². The van der Waals surface area contributed by atoms with Crippen molar-refractivity contribution in [2.75, 3.05) is 45.3 Å². The van der Waals surface area contributed by atoms with Crippen molar-refractivity contribution in [2.24, 2.45) is 5.92 Å². The summed E-state index contributed by atoms with van der Waals surface area (Å²) < 4.78 is 25.0. The Kier molecular flexibility index (Phi) is 8.16. The van der Waals surface area contributed by atoms with Crippen molar-refractivity contribution in [2.45, 2.75) is 31.5 Å². The fourth-order valence-corrected chi connectivity index (χ4v) is 5.16. The Morgan fingerprint density at radius 2 is 1.87 bits per heavy atom. The van der Waals surface area contributed by atoms with Crippen molar-refractivity contribution < 1.29 is 23.5 Å². The number of nitrogens with zero attached hydrogens (tertiary/aromatic N) is 2. The fourth-order valence-electron chi connectivity index (χ4n) is 4.94. The molecule has 0 radical (unpaired) electrons. The molecule has 2 atom stereocenters. The van der Waals surface area contributed by atoms with Crippen LogP contribution in [0.1, 0.15) is 24.0 Å². The van der Waals surface area contributed by atoms with Gasteiger partial charge in [-0.2, -0.15) is 0 Å². The van der Waals surface area contributed by atoms with E-state index in [0.29, 0.717) is 67.4 Å². The average molecular weight is 543 g/mol.